The fourth-order valence-electron chi connectivity index (χ4n) is 3.34. The van der Waals surface area contributed by atoms with Crippen molar-refractivity contribution in [2.75, 3.05) is 27.1 Å². The normalized spacial score (nSPS) is 10.7. The molecule has 1 aromatic heterocycles. The number of aromatic nitrogens is 3. The van der Waals surface area contributed by atoms with E-state index in [0.29, 0.717) is 33.1 Å². The maximum Gasteiger partial charge on any atom is 0.196 e. The van der Waals surface area contributed by atoms with Crippen LogP contribution in [0.5, 0.6) is 17.2 Å². The molecule has 0 amide bonds. The zero-order valence-electron chi connectivity index (χ0n) is 18.8. The largest absolute Gasteiger partial charge is 0.497 e. The monoisotopic (exact) mass is 495 g/mol. The minimum absolute atomic E-state index is 0.0291. The molecule has 0 bridgehead atoms. The highest BCUT2D eigenvalue weighted by Crippen LogP contribution is 2.34. The lowest BCUT2D eigenvalue weighted by molar-refractivity contribution is 0.102. The van der Waals surface area contributed by atoms with Gasteiger partial charge in [-0.25, -0.2) is 0 Å². The molecule has 174 valence electrons. The molecule has 0 saturated heterocycles. The first-order valence-electron chi connectivity index (χ1n) is 10.3. The smallest absolute Gasteiger partial charge is 0.196 e. The number of carbonyl (C=O) groups is 1. The Hall–Kier alpha value is -3.49. The second-order valence-corrected chi connectivity index (χ2v) is 8.51. The first-order valence-corrected chi connectivity index (χ1v) is 11.6. The summed E-state index contributed by atoms with van der Waals surface area (Å²) in [6.07, 6.45) is 0. The Bertz CT molecular complexity index is 1290. The van der Waals surface area contributed by atoms with Gasteiger partial charge in [0.05, 0.1) is 27.1 Å². The number of rotatable bonds is 9. The van der Waals surface area contributed by atoms with Gasteiger partial charge in [-0.15, -0.1) is 10.2 Å². The van der Waals surface area contributed by atoms with Crippen LogP contribution in [0.1, 0.15) is 10.4 Å². The van der Waals surface area contributed by atoms with Crippen molar-refractivity contribution in [3.05, 3.63) is 77.3 Å². The molecule has 0 aliphatic heterocycles. The lowest BCUT2D eigenvalue weighted by Gasteiger charge is -2.13. The lowest BCUT2D eigenvalue weighted by Crippen LogP contribution is -2.05. The third-order valence-electron chi connectivity index (χ3n) is 5.10. The Kier molecular flexibility index (Phi) is 7.40. The van der Waals surface area contributed by atoms with Crippen molar-refractivity contribution in [2.24, 2.45) is 0 Å². The number of carbonyl (C=O) groups excluding carboxylic acids is 1. The van der Waals surface area contributed by atoms with Crippen molar-refractivity contribution < 1.29 is 19.0 Å². The van der Waals surface area contributed by atoms with Gasteiger partial charge in [0.25, 0.3) is 0 Å². The van der Waals surface area contributed by atoms with Gasteiger partial charge in [0.15, 0.2) is 28.3 Å². The number of hydrogen-bond donors (Lipinski definition) is 0. The average molecular weight is 496 g/mol. The number of ketones is 1. The highest BCUT2D eigenvalue weighted by molar-refractivity contribution is 7.99. The molecule has 0 radical (unpaired) electrons. The van der Waals surface area contributed by atoms with Crippen LogP contribution in [0.2, 0.25) is 5.02 Å². The van der Waals surface area contributed by atoms with E-state index in [-0.39, 0.29) is 11.5 Å². The van der Waals surface area contributed by atoms with Crippen molar-refractivity contribution in [1.29, 1.82) is 0 Å². The van der Waals surface area contributed by atoms with Gasteiger partial charge in [-0.2, -0.15) is 0 Å². The molecule has 4 aromatic rings. The van der Waals surface area contributed by atoms with E-state index in [9.17, 15) is 4.79 Å². The molecule has 3 aromatic carbocycles. The van der Waals surface area contributed by atoms with Gasteiger partial charge < -0.3 is 14.2 Å². The number of methoxy groups -OCH3 is 3. The van der Waals surface area contributed by atoms with Crippen LogP contribution in [-0.2, 0) is 0 Å². The summed E-state index contributed by atoms with van der Waals surface area (Å²) in [5.74, 6) is 2.70. The molecule has 0 fully saturated rings. The first kappa shape index (κ1) is 23.7. The summed E-state index contributed by atoms with van der Waals surface area (Å²) in [4.78, 5) is 12.7. The molecule has 0 atom stereocenters. The molecule has 9 heteroatoms. The van der Waals surface area contributed by atoms with E-state index >= 15 is 0 Å². The van der Waals surface area contributed by atoms with Gasteiger partial charge in [0.1, 0.15) is 5.75 Å². The van der Waals surface area contributed by atoms with Crippen molar-refractivity contribution in [3.8, 4) is 34.3 Å². The van der Waals surface area contributed by atoms with E-state index < -0.39 is 0 Å². The highest BCUT2D eigenvalue weighted by atomic mass is 35.5. The molecular formula is C25H22ClN3O4S. The quantitative estimate of drug-likeness (QED) is 0.221. The first-order chi connectivity index (χ1) is 16.5. The fraction of sp³-hybridized carbons (Fsp3) is 0.160. The number of thioether (sulfide) groups is 1. The van der Waals surface area contributed by atoms with Gasteiger partial charge in [0, 0.05) is 21.8 Å². The lowest BCUT2D eigenvalue weighted by atomic mass is 10.1. The molecule has 7 nitrogen and oxygen atoms in total. The third kappa shape index (κ3) is 5.03. The average Bonchev–Trinajstić information content (AvgIpc) is 3.31. The van der Waals surface area contributed by atoms with Crippen molar-refractivity contribution >= 4 is 29.1 Å². The summed E-state index contributed by atoms with van der Waals surface area (Å²) in [5, 5.41) is 9.99. The Balaban J connectivity index is 1.71. The predicted molar refractivity (Wildman–Crippen MR) is 133 cm³/mol. The van der Waals surface area contributed by atoms with Gasteiger partial charge in [-0.3, -0.25) is 9.36 Å². The number of benzene rings is 3. The third-order valence-corrected chi connectivity index (χ3v) is 6.29. The Labute approximate surface area is 206 Å². The molecule has 4 rings (SSSR count). The second-order valence-electron chi connectivity index (χ2n) is 7.13. The summed E-state index contributed by atoms with van der Waals surface area (Å²) in [6, 6.07) is 19.9. The molecule has 0 aliphatic rings. The van der Waals surface area contributed by atoms with Crippen LogP contribution in [0.15, 0.2) is 71.9 Å². The van der Waals surface area contributed by atoms with Gasteiger partial charge in [-0.1, -0.05) is 23.4 Å². The van der Waals surface area contributed by atoms with E-state index in [1.54, 1.807) is 45.6 Å². The van der Waals surface area contributed by atoms with E-state index in [4.69, 9.17) is 25.8 Å². The maximum absolute atomic E-state index is 12.7. The SMILES string of the molecule is COc1ccc(-n2c(SCC(=O)c3ccc(Cl)cc3)nnc2-c2ccc(OC)c(OC)c2)cc1. The minimum atomic E-state index is -0.0291. The standard InChI is InChI=1S/C25H22ClN3O4S/c1-31-20-11-9-19(10-12-20)29-24(17-6-13-22(32-2)23(14-17)33-3)27-28-25(29)34-15-21(30)16-4-7-18(26)8-5-16/h4-14H,15H2,1-3H3. The minimum Gasteiger partial charge on any atom is -0.497 e. The Morgan fingerprint density at radius 2 is 1.59 bits per heavy atom. The molecular weight excluding hydrogens is 474 g/mol. The predicted octanol–water partition coefficient (Wildman–Crippen LogP) is 5.59. The highest BCUT2D eigenvalue weighted by Gasteiger charge is 2.19. The van der Waals surface area contributed by atoms with Gasteiger partial charge in [-0.05, 0) is 66.7 Å². The summed E-state index contributed by atoms with van der Waals surface area (Å²) >= 11 is 7.25. The Morgan fingerprint density at radius 3 is 2.24 bits per heavy atom. The van der Waals surface area contributed by atoms with E-state index in [2.05, 4.69) is 10.2 Å². The van der Waals surface area contributed by atoms with Crippen LogP contribution in [0, 0.1) is 0 Å². The fourth-order valence-corrected chi connectivity index (χ4v) is 4.31. The van der Waals surface area contributed by atoms with E-state index in [1.165, 1.54) is 11.8 Å². The van der Waals surface area contributed by atoms with Crippen LogP contribution in [0.25, 0.3) is 17.1 Å². The van der Waals surface area contributed by atoms with Gasteiger partial charge >= 0.3 is 0 Å². The van der Waals surface area contributed by atoms with Crippen LogP contribution in [0.4, 0.5) is 0 Å². The summed E-state index contributed by atoms with van der Waals surface area (Å²) < 4.78 is 18.0. The van der Waals surface area contributed by atoms with Gasteiger partial charge in [0.2, 0.25) is 0 Å². The Morgan fingerprint density at radius 1 is 0.882 bits per heavy atom. The number of nitrogens with zero attached hydrogens (tertiary/aromatic N) is 3. The van der Waals surface area contributed by atoms with Crippen LogP contribution in [-0.4, -0.2) is 47.6 Å². The molecule has 0 saturated carbocycles. The van der Waals surface area contributed by atoms with Crippen LogP contribution < -0.4 is 14.2 Å². The van der Waals surface area contributed by atoms with E-state index in [1.807, 2.05) is 47.0 Å². The molecule has 34 heavy (non-hydrogen) atoms. The maximum atomic E-state index is 12.7. The number of halogens is 1. The zero-order chi connectivity index (χ0) is 24.1. The molecule has 0 aliphatic carbocycles. The molecule has 0 spiro atoms. The molecule has 0 unspecified atom stereocenters. The summed E-state index contributed by atoms with van der Waals surface area (Å²) in [6.45, 7) is 0. The van der Waals surface area contributed by atoms with E-state index in [0.717, 1.165) is 17.0 Å². The number of Topliss-reactive ketones (excluding diaryl/α,β-unsaturated/α-hetero) is 1. The molecule has 0 N–H and O–H groups in total. The number of ether oxygens (including phenoxy) is 3. The topological polar surface area (TPSA) is 75.5 Å². The van der Waals surface area contributed by atoms with Crippen LogP contribution in [0.3, 0.4) is 0 Å². The zero-order valence-corrected chi connectivity index (χ0v) is 20.4. The van der Waals surface area contributed by atoms with Crippen molar-refractivity contribution in [3.63, 3.8) is 0 Å². The van der Waals surface area contributed by atoms with Crippen molar-refractivity contribution in [1.82, 2.24) is 14.8 Å². The summed E-state index contributed by atoms with van der Waals surface area (Å²) in [7, 11) is 4.79. The summed E-state index contributed by atoms with van der Waals surface area (Å²) in [5.41, 5.74) is 2.21. The van der Waals surface area contributed by atoms with Crippen molar-refractivity contribution in [2.45, 2.75) is 5.16 Å². The second kappa shape index (κ2) is 10.6. The van der Waals surface area contributed by atoms with Crippen LogP contribution >= 0.6 is 23.4 Å². The molecule has 1 heterocycles. The number of hydrogen-bond acceptors (Lipinski definition) is 7.